The van der Waals surface area contributed by atoms with Gasteiger partial charge in [-0.05, 0) is 18.9 Å². The first-order valence-corrected chi connectivity index (χ1v) is 5.30. The summed E-state index contributed by atoms with van der Waals surface area (Å²) >= 11 is 0. The van der Waals surface area contributed by atoms with Crippen LogP contribution in [0.3, 0.4) is 0 Å². The molecule has 1 heterocycles. The summed E-state index contributed by atoms with van der Waals surface area (Å²) in [4.78, 5) is 13.2. The van der Waals surface area contributed by atoms with E-state index in [1.165, 1.54) is 0 Å². The van der Waals surface area contributed by atoms with Crippen molar-refractivity contribution in [3.63, 3.8) is 0 Å². The largest absolute Gasteiger partial charge is 0.480 e. The molecular formula is C10H20N2O2. The molecule has 0 aromatic rings. The zero-order chi connectivity index (χ0) is 10.6. The van der Waals surface area contributed by atoms with E-state index in [9.17, 15) is 4.79 Å². The maximum Gasteiger partial charge on any atom is 0.321 e. The Morgan fingerprint density at radius 3 is 2.64 bits per heavy atom. The molecule has 1 aliphatic heterocycles. The number of carbonyl (C=O) groups is 1. The number of rotatable bonds is 3. The van der Waals surface area contributed by atoms with Crippen LogP contribution in [0.1, 0.15) is 20.3 Å². The maximum atomic E-state index is 11.1. The van der Waals surface area contributed by atoms with Crippen molar-refractivity contribution in [2.75, 3.05) is 26.2 Å². The van der Waals surface area contributed by atoms with Crippen LogP contribution in [0.2, 0.25) is 0 Å². The van der Waals surface area contributed by atoms with Gasteiger partial charge in [0.1, 0.15) is 6.04 Å². The first-order valence-electron chi connectivity index (χ1n) is 5.30. The SMILES string of the molecule is CC(C)[C@@H](C(=O)O)N1CCCNCC1. The lowest BCUT2D eigenvalue weighted by atomic mass is 10.0. The fraction of sp³-hybridized carbons (Fsp3) is 0.900. The van der Waals surface area contributed by atoms with Gasteiger partial charge < -0.3 is 10.4 Å². The van der Waals surface area contributed by atoms with E-state index < -0.39 is 5.97 Å². The predicted molar refractivity (Wildman–Crippen MR) is 55.3 cm³/mol. The maximum absolute atomic E-state index is 11.1. The molecule has 0 aliphatic carbocycles. The molecule has 0 aromatic heterocycles. The molecule has 14 heavy (non-hydrogen) atoms. The Labute approximate surface area is 85.3 Å². The zero-order valence-corrected chi connectivity index (χ0v) is 8.99. The Balaban J connectivity index is 2.60. The molecule has 0 amide bonds. The summed E-state index contributed by atoms with van der Waals surface area (Å²) in [5.74, 6) is -0.521. The van der Waals surface area contributed by atoms with Gasteiger partial charge in [0.05, 0.1) is 0 Å². The molecule has 0 bridgehead atoms. The number of nitrogens with zero attached hydrogens (tertiary/aromatic N) is 1. The minimum absolute atomic E-state index is 0.172. The molecule has 0 spiro atoms. The molecule has 1 atom stereocenters. The van der Waals surface area contributed by atoms with E-state index in [0.717, 1.165) is 32.6 Å². The average Bonchev–Trinajstić information content (AvgIpc) is 2.31. The minimum atomic E-state index is -0.693. The van der Waals surface area contributed by atoms with Crippen LogP contribution in [0.25, 0.3) is 0 Å². The van der Waals surface area contributed by atoms with Crippen LogP contribution in [0.5, 0.6) is 0 Å². The molecule has 0 saturated carbocycles. The molecule has 1 rings (SSSR count). The van der Waals surface area contributed by atoms with Crippen molar-refractivity contribution in [2.45, 2.75) is 26.3 Å². The van der Waals surface area contributed by atoms with Crippen molar-refractivity contribution in [3.8, 4) is 0 Å². The Bertz CT molecular complexity index is 187. The average molecular weight is 200 g/mol. The number of hydrogen-bond acceptors (Lipinski definition) is 3. The fourth-order valence-corrected chi connectivity index (χ4v) is 2.01. The number of aliphatic carboxylic acids is 1. The zero-order valence-electron chi connectivity index (χ0n) is 8.99. The lowest BCUT2D eigenvalue weighted by Gasteiger charge is -2.29. The van der Waals surface area contributed by atoms with Gasteiger partial charge >= 0.3 is 5.97 Å². The topological polar surface area (TPSA) is 52.6 Å². The second kappa shape index (κ2) is 5.32. The van der Waals surface area contributed by atoms with Gasteiger partial charge in [-0.1, -0.05) is 13.8 Å². The van der Waals surface area contributed by atoms with Gasteiger partial charge in [0.15, 0.2) is 0 Å². The Hall–Kier alpha value is -0.610. The van der Waals surface area contributed by atoms with Gasteiger partial charge in [0, 0.05) is 19.6 Å². The molecule has 1 fully saturated rings. The van der Waals surface area contributed by atoms with Crippen LogP contribution in [-0.2, 0) is 4.79 Å². The Morgan fingerprint density at radius 1 is 1.36 bits per heavy atom. The standard InChI is InChI=1S/C10H20N2O2/c1-8(2)9(10(13)14)12-6-3-4-11-5-7-12/h8-9,11H,3-7H2,1-2H3,(H,13,14)/t9-/m0/s1. The van der Waals surface area contributed by atoms with Crippen molar-refractivity contribution in [2.24, 2.45) is 5.92 Å². The normalized spacial score (nSPS) is 21.9. The lowest BCUT2D eigenvalue weighted by molar-refractivity contribution is -0.145. The Morgan fingerprint density at radius 2 is 2.07 bits per heavy atom. The van der Waals surface area contributed by atoms with Crippen LogP contribution in [0, 0.1) is 5.92 Å². The van der Waals surface area contributed by atoms with E-state index in [4.69, 9.17) is 5.11 Å². The van der Waals surface area contributed by atoms with E-state index >= 15 is 0 Å². The summed E-state index contributed by atoms with van der Waals surface area (Å²) in [5.41, 5.74) is 0. The molecular weight excluding hydrogens is 180 g/mol. The van der Waals surface area contributed by atoms with Crippen LogP contribution in [-0.4, -0.2) is 48.2 Å². The highest BCUT2D eigenvalue weighted by Gasteiger charge is 2.28. The number of carboxylic acid groups (broad SMARTS) is 1. The van der Waals surface area contributed by atoms with Gasteiger partial charge in [-0.25, -0.2) is 0 Å². The fourth-order valence-electron chi connectivity index (χ4n) is 2.01. The number of hydrogen-bond donors (Lipinski definition) is 2. The quantitative estimate of drug-likeness (QED) is 0.692. The van der Waals surface area contributed by atoms with E-state index in [1.54, 1.807) is 0 Å². The summed E-state index contributed by atoms with van der Waals surface area (Å²) in [7, 11) is 0. The number of carboxylic acids is 1. The highest BCUT2D eigenvalue weighted by molar-refractivity contribution is 5.73. The molecule has 0 radical (unpaired) electrons. The summed E-state index contributed by atoms with van der Waals surface area (Å²) < 4.78 is 0. The highest BCUT2D eigenvalue weighted by Crippen LogP contribution is 2.12. The van der Waals surface area contributed by atoms with Crippen molar-refractivity contribution in [1.82, 2.24) is 10.2 Å². The summed E-state index contributed by atoms with van der Waals surface area (Å²) in [6.07, 6.45) is 1.04. The van der Waals surface area contributed by atoms with Gasteiger partial charge in [-0.2, -0.15) is 0 Å². The van der Waals surface area contributed by atoms with Gasteiger partial charge in [-0.3, -0.25) is 9.69 Å². The van der Waals surface area contributed by atoms with Crippen LogP contribution in [0.4, 0.5) is 0 Å². The summed E-state index contributed by atoms with van der Waals surface area (Å²) in [6, 6.07) is -0.324. The number of nitrogens with one attached hydrogen (secondary N) is 1. The van der Waals surface area contributed by atoms with Crippen molar-refractivity contribution in [1.29, 1.82) is 0 Å². The lowest BCUT2D eigenvalue weighted by Crippen LogP contribution is -2.46. The van der Waals surface area contributed by atoms with Crippen LogP contribution in [0.15, 0.2) is 0 Å². The molecule has 0 aromatic carbocycles. The van der Waals surface area contributed by atoms with E-state index in [1.807, 2.05) is 13.8 Å². The third-order valence-corrected chi connectivity index (χ3v) is 2.65. The molecule has 82 valence electrons. The van der Waals surface area contributed by atoms with Crippen LogP contribution >= 0.6 is 0 Å². The third-order valence-electron chi connectivity index (χ3n) is 2.65. The van der Waals surface area contributed by atoms with E-state index in [-0.39, 0.29) is 12.0 Å². The predicted octanol–water partition coefficient (Wildman–Crippen LogP) is 0.391. The molecule has 4 nitrogen and oxygen atoms in total. The first kappa shape index (κ1) is 11.5. The first-order chi connectivity index (χ1) is 6.63. The molecule has 4 heteroatoms. The van der Waals surface area contributed by atoms with Crippen molar-refractivity contribution < 1.29 is 9.90 Å². The monoisotopic (exact) mass is 200 g/mol. The van der Waals surface area contributed by atoms with Gasteiger partial charge in [0.2, 0.25) is 0 Å². The second-order valence-corrected chi connectivity index (χ2v) is 4.17. The van der Waals surface area contributed by atoms with E-state index in [0.29, 0.717) is 0 Å². The third kappa shape index (κ3) is 2.96. The van der Waals surface area contributed by atoms with Crippen LogP contribution < -0.4 is 5.32 Å². The molecule has 1 aliphatic rings. The minimum Gasteiger partial charge on any atom is -0.480 e. The van der Waals surface area contributed by atoms with Crippen molar-refractivity contribution in [3.05, 3.63) is 0 Å². The smallest absolute Gasteiger partial charge is 0.321 e. The molecule has 2 N–H and O–H groups in total. The van der Waals surface area contributed by atoms with Gasteiger partial charge in [-0.15, -0.1) is 0 Å². The summed E-state index contributed by atoms with van der Waals surface area (Å²) in [6.45, 7) is 7.57. The molecule has 1 saturated heterocycles. The highest BCUT2D eigenvalue weighted by atomic mass is 16.4. The second-order valence-electron chi connectivity index (χ2n) is 4.17. The molecule has 0 unspecified atom stereocenters. The van der Waals surface area contributed by atoms with E-state index in [2.05, 4.69) is 10.2 Å². The van der Waals surface area contributed by atoms with Gasteiger partial charge in [0.25, 0.3) is 0 Å². The Kier molecular flexibility index (Phi) is 4.35. The van der Waals surface area contributed by atoms with Crippen molar-refractivity contribution >= 4 is 5.97 Å². The summed E-state index contributed by atoms with van der Waals surface area (Å²) in [5, 5.41) is 12.4.